The van der Waals surface area contributed by atoms with Crippen LogP contribution in [-0.2, 0) is 23.3 Å². The molecule has 0 fully saturated rings. The Labute approximate surface area is 447 Å². The second kappa shape index (κ2) is 38.7. The lowest BCUT2D eigenvalue weighted by atomic mass is 10.1. The average molecular weight is 1110 g/mol. The van der Waals surface area contributed by atoms with Gasteiger partial charge >= 0.3 is 24.5 Å². The van der Waals surface area contributed by atoms with Gasteiger partial charge in [-0.25, -0.2) is 4.79 Å². The number of hydrogen-bond acceptors (Lipinski definition) is 10. The highest BCUT2D eigenvalue weighted by Gasteiger charge is 2.33. The fraction of sp³-hybridized carbons (Fsp3) is 0.340. The molecule has 0 unspecified atom stereocenters. The molecule has 426 valence electrons. The van der Waals surface area contributed by atoms with Crippen molar-refractivity contribution in [2.24, 2.45) is 11.5 Å². The van der Waals surface area contributed by atoms with Crippen molar-refractivity contribution in [3.8, 4) is 17.2 Å². The first kappa shape index (κ1) is 70.2. The van der Waals surface area contributed by atoms with Crippen LogP contribution in [-0.4, -0.2) is 97.0 Å². The lowest BCUT2D eigenvalue weighted by Crippen LogP contribution is -2.34. The molecule has 12 N–H and O–H groups in total. The smallest absolute Gasteiger partial charge is 0.416 e. The van der Waals surface area contributed by atoms with E-state index < -0.39 is 81.6 Å². The van der Waals surface area contributed by atoms with Gasteiger partial charge in [0.05, 0.1) is 27.8 Å². The van der Waals surface area contributed by atoms with Crippen molar-refractivity contribution in [2.45, 2.75) is 76.8 Å². The minimum absolute atomic E-state index is 0.0744. The Morgan fingerprint density at radius 1 is 0.487 bits per heavy atom. The fourth-order valence-corrected chi connectivity index (χ4v) is 5.58. The number of amides is 4. The number of halogens is 9. The van der Waals surface area contributed by atoms with Gasteiger partial charge in [0, 0.05) is 45.7 Å². The van der Waals surface area contributed by atoms with Gasteiger partial charge in [-0.05, 0) is 99.5 Å². The molecule has 15 nitrogen and oxygen atoms in total. The lowest BCUT2D eigenvalue weighted by molar-refractivity contribution is -0.138. The summed E-state index contributed by atoms with van der Waals surface area (Å²) in [6.45, 7) is 3.64. The molecule has 25 heteroatoms. The fourth-order valence-electron chi connectivity index (χ4n) is 5.58. The van der Waals surface area contributed by atoms with Crippen LogP contribution in [0.25, 0.3) is 0 Å². The van der Waals surface area contributed by atoms with Crippen LogP contribution in [0.3, 0.4) is 0 Å². The summed E-state index contributed by atoms with van der Waals surface area (Å²) in [6.07, 6.45) is 18.2. The molecular weight excluding hydrogens is 1050 g/mol. The van der Waals surface area contributed by atoms with Gasteiger partial charge in [0.25, 0.3) is 11.8 Å². The Morgan fingerprint density at radius 3 is 1.12 bits per heavy atom. The summed E-state index contributed by atoms with van der Waals surface area (Å²) >= 11 is 0. The maximum Gasteiger partial charge on any atom is 0.416 e. The van der Waals surface area contributed by atoms with Crippen LogP contribution in [0, 0.1) is 0 Å². The third-order valence-electron chi connectivity index (χ3n) is 9.44. The van der Waals surface area contributed by atoms with Gasteiger partial charge in [0.2, 0.25) is 5.91 Å². The molecule has 0 spiro atoms. The topological polar surface area (TPSA) is 266 Å². The van der Waals surface area contributed by atoms with Crippen LogP contribution in [0.2, 0.25) is 0 Å². The third-order valence-corrected chi connectivity index (χ3v) is 9.44. The first-order chi connectivity index (χ1) is 36.7. The lowest BCUT2D eigenvalue weighted by Gasteiger charge is -2.10. The highest BCUT2D eigenvalue weighted by Crippen LogP contribution is 2.34. The number of nitrogens with one attached hydrogen (secondary N) is 4. The van der Waals surface area contributed by atoms with Crippen molar-refractivity contribution in [1.29, 1.82) is 0 Å². The van der Waals surface area contributed by atoms with Crippen molar-refractivity contribution >= 4 is 37.3 Å². The molecule has 3 aromatic rings. The summed E-state index contributed by atoms with van der Waals surface area (Å²) in [7, 11) is 4.67. The summed E-state index contributed by atoms with van der Waals surface area (Å²) in [5.74, 6) is -5.93. The normalized spacial score (nSPS) is 11.7. The Morgan fingerprint density at radius 2 is 0.808 bits per heavy atom. The van der Waals surface area contributed by atoms with Gasteiger partial charge in [-0.2, -0.15) is 39.5 Å². The Bertz CT molecular complexity index is 2510. The summed E-state index contributed by atoms with van der Waals surface area (Å²) in [5, 5.41) is 46.2. The molecular formula is C53H64BF9N6O9. The predicted molar refractivity (Wildman–Crippen MR) is 279 cm³/mol. The van der Waals surface area contributed by atoms with Crippen LogP contribution < -0.4 is 32.7 Å². The largest absolute Gasteiger partial charge is 0.507 e. The number of alkyl halides is 9. The number of allylic oxidation sites excluding steroid dienone is 12. The second-order valence-corrected chi connectivity index (χ2v) is 15.7. The van der Waals surface area contributed by atoms with Gasteiger partial charge < -0.3 is 53.2 Å². The molecule has 78 heavy (non-hydrogen) atoms. The number of hydrogen-bond donors (Lipinski definition) is 10. The molecule has 0 aliphatic heterocycles. The summed E-state index contributed by atoms with van der Waals surface area (Å²) in [4.78, 5) is 55.5. The zero-order valence-electron chi connectivity index (χ0n) is 42.5. The number of carbonyl (C=O) groups is 5. The van der Waals surface area contributed by atoms with Crippen LogP contribution in [0.1, 0.15) is 106 Å². The van der Waals surface area contributed by atoms with E-state index in [0.717, 1.165) is 62.8 Å². The van der Waals surface area contributed by atoms with E-state index in [4.69, 9.17) is 21.7 Å². The molecule has 3 rings (SSSR count). The molecule has 2 radical (unpaired) electrons. The molecule has 0 bridgehead atoms. The number of benzene rings is 3. The van der Waals surface area contributed by atoms with Crippen molar-refractivity contribution in [3.05, 3.63) is 161 Å². The van der Waals surface area contributed by atoms with Gasteiger partial charge in [0.1, 0.15) is 22.8 Å². The first-order valence-electron chi connectivity index (χ1n) is 23.8. The molecule has 0 saturated heterocycles. The zero-order valence-corrected chi connectivity index (χ0v) is 42.5. The average Bonchev–Trinajstić information content (AvgIpc) is 3.36. The van der Waals surface area contributed by atoms with E-state index in [2.05, 4.69) is 96.8 Å². The molecule has 0 atom stereocenters. The van der Waals surface area contributed by atoms with E-state index in [-0.39, 0.29) is 43.2 Å². The monoisotopic (exact) mass is 1110 g/mol. The molecule has 0 aliphatic rings. The van der Waals surface area contributed by atoms with Gasteiger partial charge in [-0.1, -0.05) is 79.8 Å². The number of rotatable bonds is 24. The van der Waals surface area contributed by atoms with Gasteiger partial charge in [-0.15, -0.1) is 0 Å². The third kappa shape index (κ3) is 32.6. The van der Waals surface area contributed by atoms with E-state index in [1.54, 1.807) is 0 Å². The predicted octanol–water partition coefficient (Wildman–Crippen LogP) is 9.77. The first-order valence-corrected chi connectivity index (χ1v) is 23.8. The van der Waals surface area contributed by atoms with Crippen molar-refractivity contribution < 1.29 is 83.9 Å². The maximum absolute atomic E-state index is 12.6. The van der Waals surface area contributed by atoms with Gasteiger partial charge in [-0.3, -0.25) is 19.2 Å². The zero-order chi connectivity index (χ0) is 59.2. The minimum Gasteiger partial charge on any atom is -0.507 e. The maximum atomic E-state index is 12.6. The second-order valence-electron chi connectivity index (χ2n) is 15.7. The number of aromatic carboxylic acids is 1. The van der Waals surface area contributed by atoms with Gasteiger partial charge in [0.15, 0.2) is 13.7 Å². The van der Waals surface area contributed by atoms with Crippen LogP contribution in [0.4, 0.5) is 44.3 Å². The van der Waals surface area contributed by atoms with E-state index >= 15 is 0 Å². The molecule has 3 aromatic carbocycles. The van der Waals surface area contributed by atoms with Crippen molar-refractivity contribution in [3.63, 3.8) is 0 Å². The highest BCUT2D eigenvalue weighted by molar-refractivity contribution is 6.57. The number of carboxylic acid groups (broad SMARTS) is 1. The molecule has 0 heterocycles. The van der Waals surface area contributed by atoms with E-state index in [0.29, 0.717) is 56.3 Å². The Hall–Kier alpha value is -7.80. The van der Waals surface area contributed by atoms with E-state index in [9.17, 15) is 73.7 Å². The van der Waals surface area contributed by atoms with E-state index in [1.165, 1.54) is 0 Å². The van der Waals surface area contributed by atoms with Crippen LogP contribution in [0.15, 0.2) is 128 Å². The number of carbonyl (C=O) groups excluding carboxylic acids is 4. The SMILES string of the molecule is CC/C=C\C/C=C\C/C=C\C/C=C\C/C=C\C/C=C\CCC(=O)NCCNC(=O)c1ccc(C(F)(F)F)cc1O.NCCNC(=O)c1ccc(C(F)(F)F)cc1O.O=C(O)c1ccc(C(F)(F)F)cc1O.[B]C(=O)NCCN. The summed E-state index contributed by atoms with van der Waals surface area (Å²) < 4.78 is 111. The number of nitrogens with two attached hydrogens (primary N) is 2. The van der Waals surface area contributed by atoms with Crippen LogP contribution >= 0.6 is 0 Å². The van der Waals surface area contributed by atoms with E-state index in [1.807, 2.05) is 12.2 Å². The number of aromatic hydroxyl groups is 3. The minimum atomic E-state index is -4.61. The Balaban J connectivity index is 0.00000126. The standard InChI is InChI=1S/C32H41F3N2O3.C10H11F3N2O2.C8H5F3O3.C3H7BN2O/c1-2-3-4-5-6-7-8-9-10-11-12-13-14-15-16-17-18-19-20-21-30(39)36-24-25-37-31(40)28-23-22-27(26-29(28)38)32(33,34)35;11-10(12,13)6-1-2-7(8(16)5-6)9(17)15-4-3-14;9-8(10,11)4-1-2-5(7(13)14)6(12)3-4;4-3(7)6-2-1-5/h3-4,6-7,9-10,12-13,15-16,18-19,22-23,26,38H,2,5,8,11,14,17,20-21,24-25H2,1H3,(H,36,39)(H,37,40);1-2,5,16H,3-4,14H2,(H,15,17);1-3,12H,(H,13,14);1-2,5H2,(H,6,7)/b4-3-,7-6-,10-9-,13-12-,16-15-,19-18-;;;. The van der Waals surface area contributed by atoms with Crippen molar-refractivity contribution in [1.82, 2.24) is 21.3 Å². The quantitative estimate of drug-likeness (QED) is 0.0175. The van der Waals surface area contributed by atoms with Crippen molar-refractivity contribution in [2.75, 3.05) is 39.3 Å². The summed E-state index contributed by atoms with van der Waals surface area (Å²) in [6, 6.07) is 6.00. The highest BCUT2D eigenvalue weighted by atomic mass is 19.4. The molecule has 4 amide bonds. The Kier molecular flexibility index (Phi) is 34.8. The molecule has 0 aromatic heterocycles. The molecule has 0 aliphatic carbocycles. The number of carboxylic acids is 1. The number of phenolic OH excluding ortho intramolecular Hbond substituents is 2. The molecule has 0 saturated carbocycles. The van der Waals surface area contributed by atoms with Crippen LogP contribution in [0.5, 0.6) is 17.2 Å². The number of phenols is 3. The summed E-state index contributed by atoms with van der Waals surface area (Å²) in [5.41, 5.74) is 5.98.